The number of hydrogen-bond donors (Lipinski definition) is 1. The normalized spacial score (nSPS) is 11.7. The summed E-state index contributed by atoms with van der Waals surface area (Å²) >= 11 is 0. The van der Waals surface area contributed by atoms with E-state index in [-0.39, 0.29) is 24.3 Å². The molecule has 2 amide bonds. The Bertz CT molecular complexity index is 1100. The largest absolute Gasteiger partial charge is 0.497 e. The molecule has 0 heterocycles. The molecule has 1 atom stereocenters. The van der Waals surface area contributed by atoms with Crippen molar-refractivity contribution < 1.29 is 14.3 Å². The minimum absolute atomic E-state index is 0.0316. The Labute approximate surface area is 202 Å². The monoisotopic (exact) mass is 458 g/mol. The molecule has 0 aliphatic carbocycles. The molecule has 0 radical (unpaired) electrons. The van der Waals surface area contributed by atoms with Crippen LogP contribution in [0.25, 0.3) is 0 Å². The number of carbonyl (C=O) groups excluding carboxylic acids is 2. The molecular formula is C29H34N2O3. The molecule has 3 aromatic rings. The molecule has 0 aliphatic heterocycles. The summed E-state index contributed by atoms with van der Waals surface area (Å²) in [6.45, 7) is 6.17. The smallest absolute Gasteiger partial charge is 0.243 e. The van der Waals surface area contributed by atoms with Crippen molar-refractivity contribution in [1.29, 1.82) is 0 Å². The van der Waals surface area contributed by atoms with Gasteiger partial charge in [-0.25, -0.2) is 0 Å². The molecule has 0 aliphatic rings. The van der Waals surface area contributed by atoms with Gasteiger partial charge in [0.25, 0.3) is 0 Å². The molecule has 3 aromatic carbocycles. The Morgan fingerprint density at radius 2 is 1.59 bits per heavy atom. The van der Waals surface area contributed by atoms with Crippen LogP contribution in [0.1, 0.15) is 36.1 Å². The van der Waals surface area contributed by atoms with E-state index in [0.29, 0.717) is 13.0 Å². The minimum atomic E-state index is -0.646. The number of carbonyl (C=O) groups is 2. The molecule has 0 spiro atoms. The van der Waals surface area contributed by atoms with Gasteiger partial charge in [0, 0.05) is 19.0 Å². The Hall–Kier alpha value is -3.60. The van der Waals surface area contributed by atoms with Crippen molar-refractivity contribution in [3.63, 3.8) is 0 Å². The van der Waals surface area contributed by atoms with Crippen LogP contribution in [0, 0.1) is 6.92 Å². The summed E-state index contributed by atoms with van der Waals surface area (Å²) in [5.74, 6) is 0.479. The van der Waals surface area contributed by atoms with E-state index < -0.39 is 6.04 Å². The molecule has 34 heavy (non-hydrogen) atoms. The third-order valence-electron chi connectivity index (χ3n) is 5.79. The van der Waals surface area contributed by atoms with E-state index in [1.54, 1.807) is 12.0 Å². The number of ether oxygens (including phenoxy) is 1. The topological polar surface area (TPSA) is 58.6 Å². The lowest BCUT2D eigenvalue weighted by Crippen LogP contribution is -2.52. The molecule has 5 nitrogen and oxygen atoms in total. The van der Waals surface area contributed by atoms with Gasteiger partial charge < -0.3 is 15.0 Å². The Morgan fingerprint density at radius 3 is 2.26 bits per heavy atom. The second kappa shape index (κ2) is 12.0. The molecule has 0 aromatic heterocycles. The summed E-state index contributed by atoms with van der Waals surface area (Å²) in [4.78, 5) is 28.9. The van der Waals surface area contributed by atoms with E-state index in [1.165, 1.54) is 0 Å². The number of aryl methyl sites for hydroxylation is 1. The summed E-state index contributed by atoms with van der Waals surface area (Å²) in [6, 6.07) is 24.7. The number of benzene rings is 3. The maximum atomic E-state index is 13.8. The molecular weight excluding hydrogens is 424 g/mol. The van der Waals surface area contributed by atoms with E-state index in [9.17, 15) is 9.59 Å². The molecule has 0 bridgehead atoms. The van der Waals surface area contributed by atoms with Crippen molar-refractivity contribution in [1.82, 2.24) is 10.2 Å². The predicted molar refractivity (Wildman–Crippen MR) is 136 cm³/mol. The van der Waals surface area contributed by atoms with E-state index in [1.807, 2.05) is 99.6 Å². The Kier molecular flexibility index (Phi) is 8.86. The first kappa shape index (κ1) is 25.0. The average molecular weight is 459 g/mol. The summed E-state index contributed by atoms with van der Waals surface area (Å²) in [5.41, 5.74) is 3.94. The van der Waals surface area contributed by atoms with Crippen molar-refractivity contribution >= 4 is 11.8 Å². The number of nitrogens with zero attached hydrogens (tertiary/aromatic N) is 1. The van der Waals surface area contributed by atoms with Gasteiger partial charge in [-0.1, -0.05) is 66.7 Å². The van der Waals surface area contributed by atoms with Crippen molar-refractivity contribution in [2.45, 2.75) is 52.2 Å². The quantitative estimate of drug-likeness (QED) is 0.479. The van der Waals surface area contributed by atoms with Crippen LogP contribution in [0.4, 0.5) is 0 Å². The van der Waals surface area contributed by atoms with E-state index >= 15 is 0 Å². The van der Waals surface area contributed by atoms with E-state index in [4.69, 9.17) is 4.74 Å². The Morgan fingerprint density at radius 1 is 0.912 bits per heavy atom. The van der Waals surface area contributed by atoms with Crippen molar-refractivity contribution in [3.05, 3.63) is 101 Å². The lowest BCUT2D eigenvalue weighted by molar-refractivity contribution is -0.141. The van der Waals surface area contributed by atoms with Crippen LogP contribution in [0.2, 0.25) is 0 Å². The van der Waals surface area contributed by atoms with Gasteiger partial charge in [0.15, 0.2) is 0 Å². The summed E-state index contributed by atoms with van der Waals surface area (Å²) in [7, 11) is 1.62. The molecule has 1 N–H and O–H groups in total. The lowest BCUT2D eigenvalue weighted by atomic mass is 10.00. The molecule has 0 saturated carbocycles. The fourth-order valence-corrected chi connectivity index (χ4v) is 3.98. The van der Waals surface area contributed by atoms with Gasteiger partial charge in [0.2, 0.25) is 11.8 Å². The van der Waals surface area contributed by atoms with Crippen molar-refractivity contribution in [2.24, 2.45) is 0 Å². The average Bonchev–Trinajstić information content (AvgIpc) is 2.83. The van der Waals surface area contributed by atoms with Crippen LogP contribution in [-0.4, -0.2) is 35.9 Å². The van der Waals surface area contributed by atoms with E-state index in [2.05, 4.69) is 5.32 Å². The Balaban J connectivity index is 1.99. The third-order valence-corrected chi connectivity index (χ3v) is 5.79. The van der Waals surface area contributed by atoms with Gasteiger partial charge in [0.05, 0.1) is 13.5 Å². The number of hydrogen-bond acceptors (Lipinski definition) is 3. The SMILES string of the molecule is COc1cccc(CN(C(=O)Cc2ccccc2C)[C@H](Cc2ccccc2)C(=O)NC(C)C)c1. The van der Waals surface area contributed by atoms with Crippen molar-refractivity contribution in [3.8, 4) is 5.75 Å². The standard InChI is InChI=1S/C29H34N2O3/c1-21(2)30-29(33)27(18-23-12-6-5-7-13-23)31(20-24-14-10-16-26(17-24)34-4)28(32)19-25-15-9-8-11-22(25)3/h5-17,21,27H,18-20H2,1-4H3,(H,30,33)/t27-/m1/s1. The first-order valence-corrected chi connectivity index (χ1v) is 11.7. The van der Waals surface area contributed by atoms with Crippen LogP contribution in [0.15, 0.2) is 78.9 Å². The molecule has 0 fully saturated rings. The number of rotatable bonds is 10. The van der Waals surface area contributed by atoms with Crippen LogP contribution < -0.4 is 10.1 Å². The highest BCUT2D eigenvalue weighted by molar-refractivity contribution is 5.89. The highest BCUT2D eigenvalue weighted by Crippen LogP contribution is 2.20. The zero-order chi connectivity index (χ0) is 24.5. The highest BCUT2D eigenvalue weighted by Gasteiger charge is 2.31. The van der Waals surface area contributed by atoms with Gasteiger partial charge in [-0.15, -0.1) is 0 Å². The van der Waals surface area contributed by atoms with Crippen molar-refractivity contribution in [2.75, 3.05) is 7.11 Å². The molecule has 5 heteroatoms. The second-order valence-electron chi connectivity index (χ2n) is 8.85. The fourth-order valence-electron chi connectivity index (χ4n) is 3.98. The molecule has 0 unspecified atom stereocenters. The zero-order valence-electron chi connectivity index (χ0n) is 20.5. The molecule has 3 rings (SSSR count). The summed E-state index contributed by atoms with van der Waals surface area (Å²) in [5, 5.41) is 3.02. The number of amides is 2. The van der Waals surface area contributed by atoms with Crippen LogP contribution >= 0.6 is 0 Å². The molecule has 178 valence electrons. The van der Waals surface area contributed by atoms with Crippen LogP contribution in [0.5, 0.6) is 5.75 Å². The van der Waals surface area contributed by atoms with Crippen LogP contribution in [0.3, 0.4) is 0 Å². The molecule has 0 saturated heterocycles. The first-order chi connectivity index (χ1) is 16.4. The first-order valence-electron chi connectivity index (χ1n) is 11.7. The van der Waals surface area contributed by atoms with Gasteiger partial charge in [-0.3, -0.25) is 9.59 Å². The van der Waals surface area contributed by atoms with Gasteiger partial charge >= 0.3 is 0 Å². The van der Waals surface area contributed by atoms with Gasteiger partial charge in [-0.05, 0) is 55.2 Å². The third kappa shape index (κ3) is 6.95. The minimum Gasteiger partial charge on any atom is -0.497 e. The van der Waals surface area contributed by atoms with E-state index in [0.717, 1.165) is 28.0 Å². The zero-order valence-corrected chi connectivity index (χ0v) is 20.5. The number of methoxy groups -OCH3 is 1. The van der Waals surface area contributed by atoms with Crippen LogP contribution in [-0.2, 0) is 29.0 Å². The lowest BCUT2D eigenvalue weighted by Gasteiger charge is -2.32. The summed E-state index contributed by atoms with van der Waals surface area (Å²) in [6.07, 6.45) is 0.666. The fraction of sp³-hybridized carbons (Fsp3) is 0.310. The maximum Gasteiger partial charge on any atom is 0.243 e. The maximum absolute atomic E-state index is 13.8. The number of nitrogens with one attached hydrogen (secondary N) is 1. The highest BCUT2D eigenvalue weighted by atomic mass is 16.5. The predicted octanol–water partition coefficient (Wildman–Crippen LogP) is 4.71. The summed E-state index contributed by atoms with van der Waals surface area (Å²) < 4.78 is 5.38. The second-order valence-corrected chi connectivity index (χ2v) is 8.85. The van der Waals surface area contributed by atoms with Gasteiger partial charge in [0.1, 0.15) is 11.8 Å². The van der Waals surface area contributed by atoms with Gasteiger partial charge in [-0.2, -0.15) is 0 Å².